The highest BCUT2D eigenvalue weighted by Crippen LogP contribution is 1.87. The highest BCUT2D eigenvalue weighted by molar-refractivity contribution is 5.23. The summed E-state index contributed by atoms with van der Waals surface area (Å²) in [6, 6.07) is 0. The summed E-state index contributed by atoms with van der Waals surface area (Å²) in [5, 5.41) is 0. The van der Waals surface area contributed by atoms with E-state index in [4.69, 9.17) is 0 Å². The van der Waals surface area contributed by atoms with E-state index in [2.05, 4.69) is 0 Å². The lowest BCUT2D eigenvalue weighted by Crippen LogP contribution is -1.55. The Morgan fingerprint density at radius 1 is 0.167 bits per heavy atom. The number of allylic oxidation sites excluding steroid dienone is 12. The molecule has 0 aromatic heterocycles. The normalized spacial score (nSPS) is 32.0. The van der Waals surface area contributed by atoms with Crippen molar-refractivity contribution in [1.82, 2.24) is 0 Å². The topological polar surface area (TPSA) is 0 Å². The van der Waals surface area contributed by atoms with Crippen molar-refractivity contribution in [1.29, 1.82) is 0 Å². The van der Waals surface area contributed by atoms with Crippen molar-refractivity contribution < 1.29 is 0 Å². The van der Waals surface area contributed by atoms with Gasteiger partial charge in [0.1, 0.15) is 0 Å². The first-order valence-corrected chi connectivity index (χ1v) is 4.00. The first-order valence-electron chi connectivity index (χ1n) is 4.00. The molecule has 0 amide bonds. The lowest BCUT2D eigenvalue weighted by atomic mass is 10.3. The quantitative estimate of drug-likeness (QED) is 0.504. The Morgan fingerprint density at radius 3 is 0.333 bits per heavy atom. The summed E-state index contributed by atoms with van der Waals surface area (Å²) < 4.78 is 0. The van der Waals surface area contributed by atoms with Gasteiger partial charge in [-0.3, -0.25) is 0 Å². The van der Waals surface area contributed by atoms with E-state index in [0.29, 0.717) is 0 Å². The highest BCUT2D eigenvalue weighted by atomic mass is 13.7. The Bertz CT molecular complexity index is 169. The van der Waals surface area contributed by atoms with E-state index in [-0.39, 0.29) is 0 Å². The number of hydrogen-bond donors (Lipinski definition) is 0. The average Bonchev–Trinajstić information content (AvgIpc) is 2.05. The third-order valence-electron chi connectivity index (χ3n) is 1.33. The van der Waals surface area contributed by atoms with Gasteiger partial charge in [0.2, 0.25) is 0 Å². The monoisotopic (exact) mass is 156 g/mol. The molecule has 1 aliphatic carbocycles. The second-order valence-electron chi connectivity index (χ2n) is 2.31. The Hall–Kier alpha value is -1.56. The van der Waals surface area contributed by atoms with Crippen LogP contribution in [-0.2, 0) is 0 Å². The summed E-state index contributed by atoms with van der Waals surface area (Å²) in [5.74, 6) is 0. The minimum Gasteiger partial charge on any atom is -0.0623 e. The summed E-state index contributed by atoms with van der Waals surface area (Å²) in [4.78, 5) is 0. The van der Waals surface area contributed by atoms with E-state index in [1.807, 2.05) is 72.9 Å². The zero-order valence-electron chi connectivity index (χ0n) is 6.93. The van der Waals surface area contributed by atoms with E-state index >= 15 is 0 Å². The molecule has 0 atom stereocenters. The molecule has 1 aliphatic rings. The molecular weight excluding hydrogens is 144 g/mol. The van der Waals surface area contributed by atoms with Crippen LogP contribution in [0.15, 0.2) is 72.9 Å². The molecule has 0 N–H and O–H groups in total. The van der Waals surface area contributed by atoms with Crippen LogP contribution in [0.25, 0.3) is 0 Å². The van der Waals surface area contributed by atoms with E-state index in [0.717, 1.165) is 0 Å². The molecule has 0 heterocycles. The van der Waals surface area contributed by atoms with E-state index in [9.17, 15) is 0 Å². The Morgan fingerprint density at radius 2 is 0.250 bits per heavy atom. The molecular formula is C12H12. The molecule has 12 heavy (non-hydrogen) atoms. The Labute approximate surface area is 73.6 Å². The van der Waals surface area contributed by atoms with E-state index < -0.39 is 0 Å². The summed E-state index contributed by atoms with van der Waals surface area (Å²) >= 11 is 0. The third-order valence-corrected chi connectivity index (χ3v) is 1.33. The van der Waals surface area contributed by atoms with Gasteiger partial charge < -0.3 is 0 Å². The second-order valence-corrected chi connectivity index (χ2v) is 2.31. The zero-order valence-corrected chi connectivity index (χ0v) is 6.93. The van der Waals surface area contributed by atoms with Gasteiger partial charge in [0.15, 0.2) is 0 Å². The van der Waals surface area contributed by atoms with Gasteiger partial charge in [0, 0.05) is 0 Å². The zero-order chi connectivity index (χ0) is 8.49. The number of hydrogen-bond acceptors (Lipinski definition) is 0. The number of rotatable bonds is 0. The summed E-state index contributed by atoms with van der Waals surface area (Å²) in [6.07, 6.45) is 24.0. The van der Waals surface area contributed by atoms with Crippen LogP contribution >= 0.6 is 0 Å². The fourth-order valence-electron chi connectivity index (χ4n) is 0.770. The van der Waals surface area contributed by atoms with Crippen molar-refractivity contribution in [2.45, 2.75) is 0 Å². The maximum absolute atomic E-state index is 2.00. The largest absolute Gasteiger partial charge is 0.0623 e. The van der Waals surface area contributed by atoms with Crippen LogP contribution in [0.2, 0.25) is 0 Å². The average molecular weight is 156 g/mol. The molecule has 0 unspecified atom stereocenters. The molecule has 0 bridgehead atoms. The maximum Gasteiger partial charge on any atom is -0.0623 e. The molecule has 0 radical (unpaired) electrons. The van der Waals surface area contributed by atoms with Gasteiger partial charge in [-0.25, -0.2) is 0 Å². The lowest BCUT2D eigenvalue weighted by Gasteiger charge is -1.77. The molecule has 0 nitrogen and oxygen atoms in total. The predicted octanol–water partition coefficient (Wildman–Crippen LogP) is 3.34. The fraction of sp³-hybridized carbons (Fsp3) is 0. The van der Waals surface area contributed by atoms with Crippen LogP contribution in [-0.4, -0.2) is 0 Å². The van der Waals surface area contributed by atoms with Crippen molar-refractivity contribution in [3.63, 3.8) is 0 Å². The minimum atomic E-state index is 2.00. The van der Waals surface area contributed by atoms with Crippen LogP contribution in [0.3, 0.4) is 0 Å². The molecule has 1 rings (SSSR count). The fourth-order valence-corrected chi connectivity index (χ4v) is 0.770. The van der Waals surface area contributed by atoms with Gasteiger partial charge in [-0.05, 0) is 0 Å². The third kappa shape index (κ3) is 4.29. The van der Waals surface area contributed by atoms with E-state index in [1.54, 1.807) is 0 Å². The molecule has 0 fully saturated rings. The maximum atomic E-state index is 2.00. The summed E-state index contributed by atoms with van der Waals surface area (Å²) in [6.45, 7) is 0. The van der Waals surface area contributed by atoms with Gasteiger partial charge in [0.25, 0.3) is 0 Å². The van der Waals surface area contributed by atoms with Crippen LogP contribution in [0.4, 0.5) is 0 Å². The SMILES string of the molecule is C1=C\C=C/C=C\C=C/C=C\C=C/1. The standard InChI is InChI=1S/C12H12/c1-2-4-6-8-10-12-11-9-7-5-3-1/h1-12H/b2-1-,3-1?,4-2?,5-3-,6-4-,7-5?,8-6?,9-7-,10-8-,11-9?,12-10?,12-11-. The molecule has 0 spiro atoms. The second kappa shape index (κ2) is 6.17. The van der Waals surface area contributed by atoms with Crippen molar-refractivity contribution in [3.05, 3.63) is 72.9 Å². The van der Waals surface area contributed by atoms with Gasteiger partial charge in [-0.15, -0.1) is 0 Å². The Balaban J connectivity index is 2.67. The first-order chi connectivity index (χ1) is 6.00. The smallest absolute Gasteiger partial charge is 0.0623 e. The van der Waals surface area contributed by atoms with Crippen molar-refractivity contribution >= 4 is 0 Å². The first kappa shape index (κ1) is 8.54. The lowest BCUT2D eigenvalue weighted by molar-refractivity contribution is 1.81. The van der Waals surface area contributed by atoms with Gasteiger partial charge in [0.05, 0.1) is 0 Å². The van der Waals surface area contributed by atoms with Crippen LogP contribution in [0.1, 0.15) is 0 Å². The van der Waals surface area contributed by atoms with E-state index in [1.165, 1.54) is 0 Å². The van der Waals surface area contributed by atoms with Crippen LogP contribution < -0.4 is 0 Å². The van der Waals surface area contributed by atoms with Gasteiger partial charge >= 0.3 is 0 Å². The molecule has 60 valence electrons. The predicted molar refractivity (Wildman–Crippen MR) is 54.8 cm³/mol. The van der Waals surface area contributed by atoms with Crippen molar-refractivity contribution in [2.24, 2.45) is 0 Å². The van der Waals surface area contributed by atoms with Crippen LogP contribution in [0, 0.1) is 0 Å². The van der Waals surface area contributed by atoms with Gasteiger partial charge in [-0.1, -0.05) is 72.9 Å². The van der Waals surface area contributed by atoms with Crippen molar-refractivity contribution in [2.75, 3.05) is 0 Å². The highest BCUT2D eigenvalue weighted by Gasteiger charge is 1.65. The minimum absolute atomic E-state index is 2.00. The summed E-state index contributed by atoms with van der Waals surface area (Å²) in [7, 11) is 0. The summed E-state index contributed by atoms with van der Waals surface area (Å²) in [5.41, 5.74) is 0. The Kier molecular flexibility index (Phi) is 4.39. The molecule has 0 heteroatoms. The molecule has 0 saturated heterocycles. The molecule has 0 aromatic rings. The van der Waals surface area contributed by atoms with Crippen LogP contribution in [0.5, 0.6) is 0 Å². The molecule has 0 saturated carbocycles. The molecule has 0 aromatic carbocycles. The van der Waals surface area contributed by atoms with Crippen molar-refractivity contribution in [3.8, 4) is 0 Å². The molecule has 0 aliphatic heterocycles. The van der Waals surface area contributed by atoms with Gasteiger partial charge in [-0.2, -0.15) is 0 Å².